The first-order valence-electron chi connectivity index (χ1n) is 44.9. The number of anilines is 4. The molecule has 0 saturated heterocycles. The van der Waals surface area contributed by atoms with E-state index in [1.807, 2.05) is 141 Å². The minimum absolute atomic E-state index is 0.0133. The van der Waals surface area contributed by atoms with Crippen molar-refractivity contribution in [2.45, 2.75) is 48.6 Å². The van der Waals surface area contributed by atoms with Gasteiger partial charge in [-0.05, 0) is 151 Å². The molecule has 0 radical (unpaired) electrons. The first-order chi connectivity index (χ1) is 69.6. The molecule has 0 saturated carbocycles. The van der Waals surface area contributed by atoms with Gasteiger partial charge in [-0.25, -0.2) is 79.7 Å². The number of carbonyl (C=O) groups is 8. The topological polar surface area (TPSA) is 378 Å². The Hall–Kier alpha value is -18.9. The molecule has 8 amide bonds. The Morgan fingerprint density at radius 1 is 0.262 bits per heavy atom. The highest BCUT2D eigenvalue weighted by Gasteiger charge is 2.73. The highest BCUT2D eigenvalue weighted by Crippen LogP contribution is 2.58. The molecule has 706 valence electrons. The maximum Gasteiger partial charge on any atom is 0.411 e. The highest BCUT2D eigenvalue weighted by atomic mass is 19.4. The molecule has 12 aromatic carbocycles. The zero-order valence-corrected chi connectivity index (χ0v) is 75.5. The lowest BCUT2D eigenvalue weighted by Crippen LogP contribution is -2.55. The number of nitrogens with one attached hydrogen (secondary N) is 4. The van der Waals surface area contributed by atoms with Gasteiger partial charge in [0.05, 0.1) is 55.9 Å². The van der Waals surface area contributed by atoms with E-state index in [0.717, 1.165) is 105 Å². The van der Waals surface area contributed by atoms with Crippen LogP contribution >= 0.6 is 0 Å². The summed E-state index contributed by atoms with van der Waals surface area (Å²) in [6.45, 7) is 0.934. The van der Waals surface area contributed by atoms with E-state index >= 15 is 39.5 Å². The number of nitrogens with zero attached hydrogens (tertiary/aromatic N) is 18. The molecule has 2 aromatic heterocycles. The molecule has 14 aromatic rings. The van der Waals surface area contributed by atoms with Crippen LogP contribution in [0.15, 0.2) is 313 Å². The van der Waals surface area contributed by atoms with Gasteiger partial charge < -0.3 is 20.6 Å². The highest BCUT2D eigenvalue weighted by molar-refractivity contribution is 6.37. The van der Waals surface area contributed by atoms with E-state index < -0.39 is 117 Å². The van der Waals surface area contributed by atoms with Crippen LogP contribution < -0.4 is 42.4 Å². The van der Waals surface area contributed by atoms with Crippen LogP contribution in [0.2, 0.25) is 0 Å². The summed E-state index contributed by atoms with van der Waals surface area (Å²) in [5.74, 6) is -4.21. The summed E-state index contributed by atoms with van der Waals surface area (Å²) in [5.41, 5.74) is -3.20. The standard InChI is InChI=1S/C53H29F6N11O4.C53H32F3N11O4/c1-60-25-13-17-31-35(21-25)45-65-41-29-9-5-3-7-27(29)40(61-41)64-44-32-18-14-26(22-36(32)46(68-44)66-42-30-10-6-4-8-28(30)39(62-42)63-43(31)67-45)70-49(73)34-16-12-24(20-38(34)50(70)74)51(52(54,55)56,53(57,58)59)23-11-15-33-37(19-23)48(72)69(2)47(33)71;1-52(53(54,55)56,24-12-16-34-38(20-24)49(69)66(3)48(34)68)25-13-17-35-39(21-25)51(71)67(50(35)70)27-15-19-33-37(23-27)47-63-43-31-11-7-5-9-29(31)40(59-43)60-44-32-18-14-26(57-2)22-36(32)46(64-44)62-42-30-10-6-4-8-28(30)41(58-42)61-45(33)65-47/h3-22,40,60H,1-2H3,(H,61,62,63,64,65,66,67,68);4-23,41,57H,1-3H3,(H,58,59,60,61,62,63,64,65). The van der Waals surface area contributed by atoms with Crippen molar-refractivity contribution < 1.29 is 77.9 Å². The smallest absolute Gasteiger partial charge is 0.388 e. The van der Waals surface area contributed by atoms with E-state index in [4.69, 9.17) is 69.9 Å². The van der Waals surface area contributed by atoms with Gasteiger partial charge >= 0.3 is 18.5 Å². The first-order valence-corrected chi connectivity index (χ1v) is 44.9. The van der Waals surface area contributed by atoms with E-state index in [0.29, 0.717) is 141 Å². The number of aliphatic imine (C=N–C) groups is 10. The van der Waals surface area contributed by atoms with Crippen molar-refractivity contribution in [2.75, 3.05) is 48.6 Å². The Bertz CT molecular complexity index is 9180. The fraction of sp³-hybridized carbons (Fsp3) is 0.113. The molecule has 12 aliphatic rings. The normalized spacial score (nSPS) is 17.8. The maximum atomic E-state index is 15.4. The predicted octanol–water partition coefficient (Wildman–Crippen LogP) is 15.0. The molecule has 0 fully saturated rings. The fourth-order valence-electron chi connectivity index (χ4n) is 20.3. The van der Waals surface area contributed by atoms with Crippen LogP contribution in [0.3, 0.4) is 0 Å². The van der Waals surface area contributed by atoms with Crippen molar-refractivity contribution in [3.63, 3.8) is 0 Å². The fourth-order valence-corrected chi connectivity index (χ4v) is 20.3. The van der Waals surface area contributed by atoms with Crippen LogP contribution in [-0.2, 0) is 10.8 Å². The number of hydrogen-bond donors (Lipinski definition) is 4. The minimum atomic E-state index is -6.14. The second-order valence-corrected chi connectivity index (χ2v) is 35.6. The van der Waals surface area contributed by atoms with Crippen molar-refractivity contribution in [1.29, 1.82) is 0 Å². The Kier molecular flexibility index (Phi) is 18.8. The summed E-state index contributed by atoms with van der Waals surface area (Å²) in [5, 5.41) is 9.12. The number of aromatic nitrogens is 2. The van der Waals surface area contributed by atoms with E-state index in [-0.39, 0.29) is 79.2 Å². The molecule has 14 heterocycles. The van der Waals surface area contributed by atoms with Gasteiger partial charge in [0.1, 0.15) is 27.4 Å². The SMILES string of the molecule is CNc1ccc2c(c1)C1=NC3=NC(N=C4N=C(N=c5[nH]c(c6ccccc56)=NC2=N1)c1cc(N2C(=O)c5ccc(C(C)(c6ccc7c(c6)C(=O)N(C)C7=O)C(F)(F)F)cc5C2=O)ccc14)c1ccccc13.CNc1ccc2c(c1)C1=NC3=NC(N=C4N=C(N=c5[nH]c(c6ccccc56)=NC2=N1)c1cc(N2C(=O)c5ccc(C(c6ccc7c(c6)C(=O)N(C)C7=O)(C(F)(F)F)C(F)(F)F)cc5C2=O)ccc14)c1ccccc13. The lowest BCUT2D eigenvalue weighted by molar-refractivity contribution is -0.288. The van der Waals surface area contributed by atoms with Crippen LogP contribution in [-0.4, -0.2) is 172 Å². The monoisotopic (exact) mass is 1940 g/mol. The number of benzene rings is 12. The molecule has 4 N–H and O–H groups in total. The van der Waals surface area contributed by atoms with Gasteiger partial charge in [0.25, 0.3) is 47.3 Å². The molecule has 26 rings (SSSR count). The molecule has 0 spiro atoms. The lowest BCUT2D eigenvalue weighted by Gasteiger charge is -2.38. The average Bonchev–Trinajstić information content (AvgIpc) is 1.66. The number of alkyl halides is 9. The third-order valence-electron chi connectivity index (χ3n) is 27.9. The van der Waals surface area contributed by atoms with Gasteiger partial charge in [-0.1, -0.05) is 121 Å². The molecule has 3 unspecified atom stereocenters. The third kappa shape index (κ3) is 12.9. The molecule has 39 heteroatoms. The number of H-pyrrole nitrogens is 2. The van der Waals surface area contributed by atoms with Crippen molar-refractivity contribution >= 4 is 150 Å². The van der Waals surface area contributed by atoms with Crippen LogP contribution in [0.25, 0.3) is 21.5 Å². The average molecular weight is 1940 g/mol. The van der Waals surface area contributed by atoms with E-state index in [9.17, 15) is 38.4 Å². The number of rotatable bonds is 8. The number of aromatic amines is 2. The Labute approximate surface area is 808 Å². The number of imide groups is 4. The molecule has 3 atom stereocenters. The summed E-state index contributed by atoms with van der Waals surface area (Å²) in [6, 6.07) is 60.6. The summed E-state index contributed by atoms with van der Waals surface area (Å²) < 4.78 is 139. The van der Waals surface area contributed by atoms with E-state index in [2.05, 4.69) is 20.6 Å². The van der Waals surface area contributed by atoms with Crippen molar-refractivity contribution in [3.8, 4) is 0 Å². The van der Waals surface area contributed by atoms with E-state index in [1.165, 1.54) is 37.4 Å². The summed E-state index contributed by atoms with van der Waals surface area (Å²) in [6.07, 6.45) is -18.9. The number of hydrogen-bond acceptors (Lipinski definition) is 24. The van der Waals surface area contributed by atoms with E-state index in [1.54, 1.807) is 25.2 Å². The predicted molar refractivity (Wildman–Crippen MR) is 516 cm³/mol. The van der Waals surface area contributed by atoms with Gasteiger partial charge in [-0.3, -0.25) is 48.2 Å². The Morgan fingerprint density at radius 2 is 0.531 bits per heavy atom. The van der Waals surface area contributed by atoms with Crippen molar-refractivity contribution in [2.24, 2.45) is 69.9 Å². The van der Waals surface area contributed by atoms with Gasteiger partial charge in [-0.15, -0.1) is 0 Å². The Morgan fingerprint density at radius 3 is 0.890 bits per heavy atom. The largest absolute Gasteiger partial charge is 0.411 e. The lowest BCUT2D eigenvalue weighted by atomic mass is 9.71. The quantitative estimate of drug-likeness (QED) is 0.0822. The van der Waals surface area contributed by atoms with Crippen LogP contribution in [0.5, 0.6) is 0 Å². The number of amidine groups is 10. The summed E-state index contributed by atoms with van der Waals surface area (Å²) >= 11 is 0. The molecule has 145 heavy (non-hydrogen) atoms. The van der Waals surface area contributed by atoms with Gasteiger partial charge in [-0.2, -0.15) is 39.5 Å². The molecule has 0 aliphatic carbocycles. The second-order valence-electron chi connectivity index (χ2n) is 35.6. The van der Waals surface area contributed by atoms with Gasteiger partial charge in [0.2, 0.25) is 5.41 Å². The Balaban J connectivity index is 0.000000152. The first kappa shape index (κ1) is 87.6. The maximum absolute atomic E-state index is 15.4. The number of fused-ring (bicyclic) bond motifs is 38. The molecule has 16 bridgehead atoms. The van der Waals surface area contributed by atoms with Crippen LogP contribution in [0.1, 0.15) is 191 Å². The van der Waals surface area contributed by atoms with Crippen LogP contribution in [0, 0.1) is 0 Å². The van der Waals surface area contributed by atoms with Gasteiger partial charge in [0.15, 0.2) is 70.7 Å². The van der Waals surface area contributed by atoms with Gasteiger partial charge in [0, 0.05) is 128 Å². The number of halogens is 9. The van der Waals surface area contributed by atoms with Crippen molar-refractivity contribution in [3.05, 3.63) is 398 Å². The molecule has 30 nitrogen and oxygen atoms in total. The molecule has 12 aliphatic heterocycles. The minimum Gasteiger partial charge on any atom is -0.388 e. The second kappa shape index (κ2) is 31.1. The number of amides is 8. The summed E-state index contributed by atoms with van der Waals surface area (Å²) in [7, 11) is 5.94. The third-order valence-corrected chi connectivity index (χ3v) is 27.9. The number of carbonyl (C=O) groups excluding carboxylic acids is 8. The molecular formula is C106H61F9N22O8. The van der Waals surface area contributed by atoms with Crippen LogP contribution in [0.4, 0.5) is 62.3 Å². The summed E-state index contributed by atoms with van der Waals surface area (Å²) in [4.78, 5) is 188. The molecular weight excluding hydrogens is 1880 g/mol. The zero-order chi connectivity index (χ0) is 100. The van der Waals surface area contributed by atoms with Crippen molar-refractivity contribution in [1.82, 2.24) is 19.8 Å². The zero-order valence-electron chi connectivity index (χ0n) is 75.5.